The standard InChI is InChI=1S/C15H23N3O3S/c1-11-6-4-8-14(12(11)2)17-15(19)16-13-7-5-9-18(10-13)22(3,20)21/h4,6,8,13H,5,7,9-10H2,1-3H3,(H2,16,17,19). The fraction of sp³-hybridized carbons (Fsp3) is 0.533. The van der Waals surface area contributed by atoms with Gasteiger partial charge in [-0.25, -0.2) is 17.5 Å². The van der Waals surface area contributed by atoms with Gasteiger partial charge in [-0.2, -0.15) is 0 Å². The highest BCUT2D eigenvalue weighted by Gasteiger charge is 2.26. The molecule has 1 atom stereocenters. The minimum Gasteiger partial charge on any atom is -0.334 e. The Bertz CT molecular complexity index is 658. The van der Waals surface area contributed by atoms with E-state index < -0.39 is 10.0 Å². The second-order valence-corrected chi connectivity index (χ2v) is 7.79. The number of carbonyl (C=O) groups is 1. The molecular formula is C15H23N3O3S. The van der Waals surface area contributed by atoms with E-state index in [0.29, 0.717) is 13.1 Å². The number of urea groups is 1. The Kier molecular flexibility index (Phi) is 5.08. The number of hydrogen-bond acceptors (Lipinski definition) is 3. The van der Waals surface area contributed by atoms with Gasteiger partial charge < -0.3 is 10.6 Å². The first-order valence-corrected chi connectivity index (χ1v) is 9.21. The van der Waals surface area contributed by atoms with Crippen molar-refractivity contribution in [2.45, 2.75) is 32.7 Å². The number of benzene rings is 1. The van der Waals surface area contributed by atoms with Crippen LogP contribution in [0.15, 0.2) is 18.2 Å². The molecule has 1 aliphatic heterocycles. The number of aryl methyl sites for hydroxylation is 1. The highest BCUT2D eigenvalue weighted by atomic mass is 32.2. The summed E-state index contributed by atoms with van der Waals surface area (Å²) in [6, 6.07) is 5.28. The highest BCUT2D eigenvalue weighted by Crippen LogP contribution is 2.18. The molecule has 1 saturated heterocycles. The molecule has 22 heavy (non-hydrogen) atoms. The maximum atomic E-state index is 12.1. The molecule has 2 N–H and O–H groups in total. The van der Waals surface area contributed by atoms with Gasteiger partial charge in [-0.3, -0.25) is 0 Å². The average Bonchev–Trinajstić information content (AvgIpc) is 2.43. The first-order chi connectivity index (χ1) is 10.3. The van der Waals surface area contributed by atoms with Crippen LogP contribution in [0, 0.1) is 13.8 Å². The number of nitrogens with zero attached hydrogens (tertiary/aromatic N) is 1. The van der Waals surface area contributed by atoms with E-state index in [1.165, 1.54) is 10.6 Å². The van der Waals surface area contributed by atoms with E-state index in [9.17, 15) is 13.2 Å². The molecule has 2 amide bonds. The van der Waals surface area contributed by atoms with E-state index in [1.54, 1.807) is 0 Å². The molecule has 122 valence electrons. The summed E-state index contributed by atoms with van der Waals surface area (Å²) in [7, 11) is -3.20. The molecular weight excluding hydrogens is 302 g/mol. The van der Waals surface area contributed by atoms with Crippen LogP contribution in [0.1, 0.15) is 24.0 Å². The largest absolute Gasteiger partial charge is 0.334 e. The molecule has 0 bridgehead atoms. The third-order valence-corrected chi connectivity index (χ3v) is 5.31. The van der Waals surface area contributed by atoms with Crippen molar-refractivity contribution in [2.24, 2.45) is 0 Å². The number of hydrogen-bond donors (Lipinski definition) is 2. The number of amides is 2. The molecule has 1 aromatic carbocycles. The van der Waals surface area contributed by atoms with Gasteiger partial charge in [0.2, 0.25) is 10.0 Å². The molecule has 0 aromatic heterocycles. The lowest BCUT2D eigenvalue weighted by Crippen LogP contribution is -2.50. The number of sulfonamides is 1. The van der Waals surface area contributed by atoms with Crippen LogP contribution in [0.2, 0.25) is 0 Å². The van der Waals surface area contributed by atoms with Gasteiger partial charge in [0.15, 0.2) is 0 Å². The van der Waals surface area contributed by atoms with Crippen LogP contribution in [-0.4, -0.2) is 44.1 Å². The van der Waals surface area contributed by atoms with Crippen molar-refractivity contribution in [3.05, 3.63) is 29.3 Å². The minimum absolute atomic E-state index is 0.159. The van der Waals surface area contributed by atoms with Crippen molar-refractivity contribution >= 4 is 21.7 Å². The summed E-state index contributed by atoms with van der Waals surface area (Å²) < 4.78 is 24.6. The van der Waals surface area contributed by atoms with Crippen LogP contribution in [0.5, 0.6) is 0 Å². The molecule has 1 unspecified atom stereocenters. The van der Waals surface area contributed by atoms with E-state index in [0.717, 1.165) is 29.7 Å². The number of carbonyl (C=O) groups excluding carboxylic acids is 1. The Balaban J connectivity index is 1.96. The fourth-order valence-corrected chi connectivity index (χ4v) is 3.50. The molecule has 7 heteroatoms. The summed E-state index contributed by atoms with van der Waals surface area (Å²) in [5, 5.41) is 5.69. The van der Waals surface area contributed by atoms with Gasteiger partial charge in [0.25, 0.3) is 0 Å². The molecule has 1 aliphatic rings. The summed E-state index contributed by atoms with van der Waals surface area (Å²) in [4.78, 5) is 12.1. The smallest absolute Gasteiger partial charge is 0.319 e. The molecule has 1 fully saturated rings. The molecule has 0 radical (unpaired) electrons. The lowest BCUT2D eigenvalue weighted by Gasteiger charge is -2.31. The zero-order valence-corrected chi connectivity index (χ0v) is 14.0. The summed E-state index contributed by atoms with van der Waals surface area (Å²) in [6.45, 7) is 4.80. The lowest BCUT2D eigenvalue weighted by atomic mass is 10.1. The topological polar surface area (TPSA) is 78.5 Å². The fourth-order valence-electron chi connectivity index (χ4n) is 2.59. The number of nitrogens with one attached hydrogen (secondary N) is 2. The van der Waals surface area contributed by atoms with Gasteiger partial charge in [-0.1, -0.05) is 12.1 Å². The first kappa shape index (κ1) is 16.8. The summed E-state index contributed by atoms with van der Waals surface area (Å²) in [6.07, 6.45) is 2.74. The van der Waals surface area contributed by atoms with Crippen molar-refractivity contribution < 1.29 is 13.2 Å². The predicted octanol–water partition coefficient (Wildman–Crippen LogP) is 1.85. The minimum atomic E-state index is -3.20. The molecule has 0 saturated carbocycles. The van der Waals surface area contributed by atoms with Gasteiger partial charge in [-0.15, -0.1) is 0 Å². The van der Waals surface area contributed by atoms with E-state index in [4.69, 9.17) is 0 Å². The summed E-state index contributed by atoms with van der Waals surface area (Å²) in [5.41, 5.74) is 2.91. The second-order valence-electron chi connectivity index (χ2n) is 5.81. The molecule has 0 aliphatic carbocycles. The third kappa shape index (κ3) is 4.20. The lowest BCUT2D eigenvalue weighted by molar-refractivity contribution is 0.236. The Labute approximate surface area is 131 Å². The van der Waals surface area contributed by atoms with Crippen LogP contribution in [0.25, 0.3) is 0 Å². The van der Waals surface area contributed by atoms with Crippen LogP contribution < -0.4 is 10.6 Å². The third-order valence-electron chi connectivity index (χ3n) is 4.04. The van der Waals surface area contributed by atoms with Crippen molar-refractivity contribution in [3.8, 4) is 0 Å². The van der Waals surface area contributed by atoms with E-state index in [-0.39, 0.29) is 12.1 Å². The number of rotatable bonds is 3. The van der Waals surface area contributed by atoms with Gasteiger partial charge in [0.05, 0.1) is 6.26 Å². The van der Waals surface area contributed by atoms with E-state index >= 15 is 0 Å². The van der Waals surface area contributed by atoms with Gasteiger partial charge in [0.1, 0.15) is 0 Å². The van der Waals surface area contributed by atoms with Crippen molar-refractivity contribution in [2.75, 3.05) is 24.7 Å². The van der Waals surface area contributed by atoms with Crippen LogP contribution in [-0.2, 0) is 10.0 Å². The quantitative estimate of drug-likeness (QED) is 0.890. The first-order valence-electron chi connectivity index (χ1n) is 7.36. The molecule has 6 nitrogen and oxygen atoms in total. The Morgan fingerprint density at radius 2 is 2.05 bits per heavy atom. The highest BCUT2D eigenvalue weighted by molar-refractivity contribution is 7.88. The monoisotopic (exact) mass is 325 g/mol. The zero-order chi connectivity index (χ0) is 16.3. The Morgan fingerprint density at radius 3 is 2.73 bits per heavy atom. The number of piperidine rings is 1. The van der Waals surface area contributed by atoms with E-state index in [2.05, 4.69) is 10.6 Å². The van der Waals surface area contributed by atoms with Crippen molar-refractivity contribution in [1.29, 1.82) is 0 Å². The molecule has 0 spiro atoms. The maximum Gasteiger partial charge on any atom is 0.319 e. The zero-order valence-electron chi connectivity index (χ0n) is 13.2. The SMILES string of the molecule is Cc1cccc(NC(=O)NC2CCCN(S(C)(=O)=O)C2)c1C. The van der Waals surface area contributed by atoms with Crippen LogP contribution >= 0.6 is 0 Å². The van der Waals surface area contributed by atoms with Crippen LogP contribution in [0.4, 0.5) is 10.5 Å². The van der Waals surface area contributed by atoms with Gasteiger partial charge >= 0.3 is 6.03 Å². The summed E-state index contributed by atoms with van der Waals surface area (Å²) in [5.74, 6) is 0. The Morgan fingerprint density at radius 1 is 1.32 bits per heavy atom. The van der Waals surface area contributed by atoms with Crippen molar-refractivity contribution in [1.82, 2.24) is 9.62 Å². The average molecular weight is 325 g/mol. The van der Waals surface area contributed by atoms with Gasteiger partial charge in [-0.05, 0) is 43.9 Å². The van der Waals surface area contributed by atoms with Crippen molar-refractivity contribution in [3.63, 3.8) is 0 Å². The van der Waals surface area contributed by atoms with Gasteiger partial charge in [0, 0.05) is 24.8 Å². The molecule has 2 rings (SSSR count). The van der Waals surface area contributed by atoms with Crippen LogP contribution in [0.3, 0.4) is 0 Å². The van der Waals surface area contributed by atoms with E-state index in [1.807, 2.05) is 32.0 Å². The second kappa shape index (κ2) is 6.66. The summed E-state index contributed by atoms with van der Waals surface area (Å²) >= 11 is 0. The molecule has 1 aromatic rings. The maximum absolute atomic E-state index is 12.1. The normalized spacial score (nSPS) is 19.7. The Hall–Kier alpha value is -1.60. The molecule has 1 heterocycles. The number of anilines is 1. The predicted molar refractivity (Wildman–Crippen MR) is 87.5 cm³/mol.